The first-order chi connectivity index (χ1) is 13.4. The third-order valence-electron chi connectivity index (χ3n) is 6.34. The molecule has 0 aliphatic carbocycles. The second-order valence-electron chi connectivity index (χ2n) is 8.91. The molecule has 2 fully saturated rings. The SMILES string of the molecule is Cc1cc2c(cnn2C2CCCCO2)c(B2OC(C)(C)C(C)(C)O2)c1C(F)(F)F. The smallest absolute Gasteiger partial charge is 0.399 e. The average molecular weight is 410 g/mol. The van der Waals surface area contributed by atoms with Gasteiger partial charge in [-0.1, -0.05) is 0 Å². The number of rotatable bonds is 2. The van der Waals surface area contributed by atoms with Gasteiger partial charge in [0, 0.05) is 17.5 Å². The molecule has 0 amide bonds. The number of benzene rings is 1. The predicted molar refractivity (Wildman–Crippen MR) is 104 cm³/mol. The number of ether oxygens (including phenoxy) is 1. The van der Waals surface area contributed by atoms with Crippen LogP contribution in [0.3, 0.4) is 0 Å². The van der Waals surface area contributed by atoms with E-state index in [1.54, 1.807) is 4.68 Å². The second-order valence-corrected chi connectivity index (χ2v) is 8.91. The minimum atomic E-state index is -4.54. The number of alkyl halides is 3. The van der Waals surface area contributed by atoms with Gasteiger partial charge in [-0.15, -0.1) is 0 Å². The highest BCUT2D eigenvalue weighted by atomic mass is 19.4. The van der Waals surface area contributed by atoms with Crippen LogP contribution in [0.15, 0.2) is 12.3 Å². The lowest BCUT2D eigenvalue weighted by molar-refractivity contribution is -0.137. The predicted octanol–water partition coefficient (Wildman–Crippen LogP) is 4.36. The van der Waals surface area contributed by atoms with E-state index in [4.69, 9.17) is 14.0 Å². The first-order valence-corrected chi connectivity index (χ1v) is 9.97. The fourth-order valence-corrected chi connectivity index (χ4v) is 4.08. The number of halogens is 3. The molecule has 4 rings (SSSR count). The second kappa shape index (κ2) is 6.72. The Balaban J connectivity index is 1.92. The van der Waals surface area contributed by atoms with Gasteiger partial charge in [0.15, 0.2) is 6.23 Å². The molecule has 9 heteroatoms. The summed E-state index contributed by atoms with van der Waals surface area (Å²) in [7, 11) is -1.14. The molecule has 0 N–H and O–H groups in total. The van der Waals surface area contributed by atoms with E-state index in [0.29, 0.717) is 17.5 Å². The molecule has 0 radical (unpaired) electrons. The van der Waals surface area contributed by atoms with E-state index in [1.807, 2.05) is 27.7 Å². The number of hydrogen-bond donors (Lipinski definition) is 0. The van der Waals surface area contributed by atoms with E-state index in [9.17, 15) is 13.2 Å². The normalized spacial score (nSPS) is 24.4. The number of nitrogens with zero attached hydrogens (tertiary/aromatic N) is 2. The number of aromatic nitrogens is 2. The van der Waals surface area contributed by atoms with Crippen molar-refractivity contribution in [3.8, 4) is 0 Å². The molecule has 2 saturated heterocycles. The number of hydrogen-bond acceptors (Lipinski definition) is 4. The highest BCUT2D eigenvalue weighted by Crippen LogP contribution is 2.40. The summed E-state index contributed by atoms with van der Waals surface area (Å²) in [4.78, 5) is 0. The maximum absolute atomic E-state index is 14.1. The van der Waals surface area contributed by atoms with Crippen molar-refractivity contribution >= 4 is 23.5 Å². The van der Waals surface area contributed by atoms with Gasteiger partial charge in [-0.25, -0.2) is 4.68 Å². The molecule has 0 saturated carbocycles. The molecule has 1 unspecified atom stereocenters. The molecule has 1 aromatic carbocycles. The van der Waals surface area contributed by atoms with Crippen LogP contribution in [0.1, 0.15) is 64.3 Å². The van der Waals surface area contributed by atoms with Crippen LogP contribution in [0, 0.1) is 6.92 Å². The Morgan fingerprint density at radius 1 is 1.14 bits per heavy atom. The van der Waals surface area contributed by atoms with Crippen LogP contribution in [0.25, 0.3) is 10.9 Å². The van der Waals surface area contributed by atoms with Crippen LogP contribution in [0.5, 0.6) is 0 Å². The molecular weight excluding hydrogens is 384 g/mol. The minimum Gasteiger partial charge on any atom is -0.399 e. The molecule has 2 aliphatic rings. The Bertz CT molecular complexity index is 917. The lowest BCUT2D eigenvalue weighted by Gasteiger charge is -2.32. The maximum atomic E-state index is 14.1. The van der Waals surface area contributed by atoms with Crippen LogP contribution in [0.2, 0.25) is 0 Å². The van der Waals surface area contributed by atoms with Crippen LogP contribution in [0.4, 0.5) is 13.2 Å². The summed E-state index contributed by atoms with van der Waals surface area (Å²) in [6.45, 7) is 9.39. The summed E-state index contributed by atoms with van der Waals surface area (Å²) < 4.78 is 61.8. The lowest BCUT2D eigenvalue weighted by Crippen LogP contribution is -2.41. The van der Waals surface area contributed by atoms with Gasteiger partial charge < -0.3 is 14.0 Å². The van der Waals surface area contributed by atoms with Crippen LogP contribution in [-0.2, 0) is 20.2 Å². The molecule has 2 aliphatic heterocycles. The van der Waals surface area contributed by atoms with Gasteiger partial charge in [0.2, 0.25) is 0 Å². The van der Waals surface area contributed by atoms with Crippen molar-refractivity contribution in [2.75, 3.05) is 6.61 Å². The molecule has 29 heavy (non-hydrogen) atoms. The quantitative estimate of drug-likeness (QED) is 0.691. The van der Waals surface area contributed by atoms with Gasteiger partial charge in [0.1, 0.15) is 0 Å². The van der Waals surface area contributed by atoms with Crippen molar-refractivity contribution in [2.24, 2.45) is 0 Å². The van der Waals surface area contributed by atoms with Crippen LogP contribution < -0.4 is 5.46 Å². The van der Waals surface area contributed by atoms with Gasteiger partial charge in [-0.3, -0.25) is 0 Å². The molecule has 1 aromatic heterocycles. The van der Waals surface area contributed by atoms with Crippen molar-refractivity contribution < 1.29 is 27.2 Å². The Hall–Kier alpha value is -1.58. The number of fused-ring (bicyclic) bond motifs is 1. The van der Waals surface area contributed by atoms with Crippen molar-refractivity contribution in [3.63, 3.8) is 0 Å². The Labute approximate surface area is 168 Å². The molecule has 5 nitrogen and oxygen atoms in total. The van der Waals surface area contributed by atoms with E-state index >= 15 is 0 Å². The molecule has 158 valence electrons. The average Bonchev–Trinajstić information content (AvgIpc) is 3.11. The van der Waals surface area contributed by atoms with E-state index in [1.165, 1.54) is 19.2 Å². The summed E-state index contributed by atoms with van der Waals surface area (Å²) >= 11 is 0. The minimum absolute atomic E-state index is 0.00629. The van der Waals surface area contributed by atoms with Crippen molar-refractivity contribution in [2.45, 2.75) is 77.5 Å². The van der Waals surface area contributed by atoms with Crippen LogP contribution in [-0.4, -0.2) is 34.7 Å². The molecule has 1 atom stereocenters. The monoisotopic (exact) mass is 410 g/mol. The zero-order chi connectivity index (χ0) is 21.2. The fraction of sp³-hybridized carbons (Fsp3) is 0.650. The summed E-state index contributed by atoms with van der Waals surface area (Å²) in [5.74, 6) is 0. The van der Waals surface area contributed by atoms with Gasteiger partial charge in [-0.05, 0) is 65.5 Å². The number of aryl methyl sites for hydroxylation is 1. The first kappa shape index (κ1) is 20.7. The molecule has 2 aromatic rings. The standard InChI is InChI=1S/C20H26BF3N2O3/c1-12-10-14-13(11-25-26(14)15-8-6-7-9-27-15)17(16(12)20(22,23)24)21-28-18(2,3)19(4,5)29-21/h10-11,15H,6-9H2,1-5H3. The molecule has 0 spiro atoms. The largest absolute Gasteiger partial charge is 0.496 e. The van der Waals surface area contributed by atoms with Gasteiger partial charge in [0.25, 0.3) is 0 Å². The Kier molecular flexibility index (Phi) is 4.79. The topological polar surface area (TPSA) is 45.5 Å². The highest BCUT2D eigenvalue weighted by molar-refractivity contribution is 6.65. The van der Waals surface area contributed by atoms with Gasteiger partial charge >= 0.3 is 13.3 Å². The highest BCUT2D eigenvalue weighted by Gasteiger charge is 2.54. The summed E-state index contributed by atoms with van der Waals surface area (Å²) in [6.07, 6.45) is -0.587. The van der Waals surface area contributed by atoms with E-state index < -0.39 is 30.1 Å². The summed E-state index contributed by atoms with van der Waals surface area (Å²) in [5.41, 5.74) is -1.50. The Morgan fingerprint density at radius 3 is 2.34 bits per heavy atom. The maximum Gasteiger partial charge on any atom is 0.496 e. The van der Waals surface area contributed by atoms with Crippen molar-refractivity contribution in [1.82, 2.24) is 9.78 Å². The van der Waals surface area contributed by atoms with Gasteiger partial charge in [-0.2, -0.15) is 18.3 Å². The molecular formula is C20H26BF3N2O3. The lowest BCUT2D eigenvalue weighted by atomic mass is 9.72. The molecule has 0 bridgehead atoms. The third kappa shape index (κ3) is 3.37. The molecule has 3 heterocycles. The zero-order valence-corrected chi connectivity index (χ0v) is 17.4. The summed E-state index contributed by atoms with van der Waals surface area (Å²) in [6, 6.07) is 1.54. The van der Waals surface area contributed by atoms with E-state index in [2.05, 4.69) is 5.10 Å². The zero-order valence-electron chi connectivity index (χ0n) is 17.4. The van der Waals surface area contributed by atoms with E-state index in [0.717, 1.165) is 19.3 Å². The first-order valence-electron chi connectivity index (χ1n) is 9.97. The third-order valence-corrected chi connectivity index (χ3v) is 6.34. The van der Waals surface area contributed by atoms with Gasteiger partial charge in [0.05, 0.1) is 28.5 Å². The van der Waals surface area contributed by atoms with Crippen molar-refractivity contribution in [1.29, 1.82) is 0 Å². The van der Waals surface area contributed by atoms with Crippen LogP contribution >= 0.6 is 0 Å². The summed E-state index contributed by atoms with van der Waals surface area (Å²) in [5, 5.41) is 4.79. The van der Waals surface area contributed by atoms with Crippen molar-refractivity contribution in [3.05, 3.63) is 23.4 Å². The van der Waals surface area contributed by atoms with E-state index in [-0.39, 0.29) is 17.3 Å². The fourth-order valence-electron chi connectivity index (χ4n) is 4.08. The Morgan fingerprint density at radius 2 is 1.79 bits per heavy atom.